The number of nitrogens with zero attached hydrogens (tertiary/aromatic N) is 4. The first-order chi connectivity index (χ1) is 11.8. The number of hydrogen-bond acceptors (Lipinski definition) is 5. The molecule has 1 N–H and O–H groups in total. The maximum absolute atomic E-state index is 12.8. The van der Waals surface area contributed by atoms with Gasteiger partial charge in [-0.2, -0.15) is 9.61 Å². The van der Waals surface area contributed by atoms with Crippen molar-refractivity contribution in [1.82, 2.24) is 19.4 Å². The first-order valence-corrected chi connectivity index (χ1v) is 7.78. The summed E-state index contributed by atoms with van der Waals surface area (Å²) in [6.45, 7) is 5.55. The number of benzene rings is 1. The van der Waals surface area contributed by atoms with Gasteiger partial charge in [0.15, 0.2) is 0 Å². The lowest BCUT2D eigenvalue weighted by Crippen LogP contribution is -2.34. The maximum Gasteiger partial charge on any atom is 0.369 e. The fourth-order valence-electron chi connectivity index (χ4n) is 2.79. The van der Waals surface area contributed by atoms with E-state index in [1.807, 2.05) is 13.8 Å². The second-order valence-electron chi connectivity index (χ2n) is 6.26. The van der Waals surface area contributed by atoms with Crippen molar-refractivity contribution < 1.29 is 4.92 Å². The summed E-state index contributed by atoms with van der Waals surface area (Å²) in [6.07, 6.45) is 0.293. The Balaban J connectivity index is 2.39. The van der Waals surface area contributed by atoms with E-state index in [-0.39, 0.29) is 17.1 Å². The van der Waals surface area contributed by atoms with Crippen LogP contribution < -0.4 is 11.2 Å². The van der Waals surface area contributed by atoms with Gasteiger partial charge in [0.05, 0.1) is 10.6 Å². The van der Waals surface area contributed by atoms with Crippen molar-refractivity contribution in [1.29, 1.82) is 0 Å². The highest BCUT2D eigenvalue weighted by atomic mass is 16.6. The van der Waals surface area contributed by atoms with Crippen molar-refractivity contribution in [2.24, 2.45) is 5.92 Å². The Morgan fingerprint density at radius 1 is 1.28 bits per heavy atom. The Hall–Kier alpha value is -3.23. The zero-order chi connectivity index (χ0) is 18.3. The molecule has 3 rings (SSSR count). The molecule has 3 aromatic rings. The first kappa shape index (κ1) is 16.6. The molecule has 2 heterocycles. The van der Waals surface area contributed by atoms with Gasteiger partial charge >= 0.3 is 11.4 Å². The molecule has 9 nitrogen and oxygen atoms in total. The predicted molar refractivity (Wildman–Crippen MR) is 91.3 cm³/mol. The van der Waals surface area contributed by atoms with Crippen molar-refractivity contribution in [3.8, 4) is 5.69 Å². The third-order valence-electron chi connectivity index (χ3n) is 3.87. The molecular formula is C16H17N5O4. The van der Waals surface area contributed by atoms with Gasteiger partial charge in [-0.05, 0) is 24.5 Å². The zero-order valence-electron chi connectivity index (χ0n) is 14.0. The number of para-hydroxylation sites is 1. The Kier molecular flexibility index (Phi) is 3.99. The quantitative estimate of drug-likeness (QED) is 0.570. The number of rotatable bonds is 4. The monoisotopic (exact) mass is 343 g/mol. The lowest BCUT2D eigenvalue weighted by Gasteiger charge is -2.08. The lowest BCUT2D eigenvalue weighted by atomic mass is 10.1. The van der Waals surface area contributed by atoms with Crippen LogP contribution in [0.2, 0.25) is 0 Å². The normalized spacial score (nSPS) is 11.4. The summed E-state index contributed by atoms with van der Waals surface area (Å²) < 4.78 is 1.88. The number of aryl methyl sites for hydroxylation is 1. The van der Waals surface area contributed by atoms with Crippen molar-refractivity contribution >= 4 is 11.2 Å². The Morgan fingerprint density at radius 3 is 2.56 bits per heavy atom. The molecule has 0 aliphatic rings. The van der Waals surface area contributed by atoms with Crippen LogP contribution in [0.1, 0.15) is 25.1 Å². The van der Waals surface area contributed by atoms with E-state index < -0.39 is 21.9 Å². The zero-order valence-corrected chi connectivity index (χ0v) is 14.0. The van der Waals surface area contributed by atoms with E-state index in [0.29, 0.717) is 12.1 Å². The molecule has 0 unspecified atom stereocenters. The van der Waals surface area contributed by atoms with Gasteiger partial charge in [0.1, 0.15) is 5.69 Å². The molecule has 0 aliphatic heterocycles. The van der Waals surface area contributed by atoms with Crippen molar-refractivity contribution in [2.45, 2.75) is 27.2 Å². The average molecular weight is 343 g/mol. The highest BCUT2D eigenvalue weighted by Gasteiger charge is 2.28. The number of hydrogen-bond donors (Lipinski definition) is 1. The number of fused-ring (bicyclic) bond motifs is 1. The minimum Gasteiger partial charge on any atom is -0.265 e. The molecule has 0 radical (unpaired) electrons. The first-order valence-electron chi connectivity index (χ1n) is 7.78. The van der Waals surface area contributed by atoms with Gasteiger partial charge in [-0.15, -0.1) is 0 Å². The summed E-state index contributed by atoms with van der Waals surface area (Å²) in [7, 11) is 0. The number of aromatic nitrogens is 4. The van der Waals surface area contributed by atoms with Crippen LogP contribution in [0, 0.1) is 23.0 Å². The van der Waals surface area contributed by atoms with Crippen LogP contribution in [-0.2, 0) is 6.42 Å². The number of aromatic amines is 1. The molecule has 9 heteroatoms. The number of H-pyrrole nitrogens is 1. The fourth-order valence-corrected chi connectivity index (χ4v) is 2.79. The van der Waals surface area contributed by atoms with Crippen LogP contribution in [-0.4, -0.2) is 24.3 Å². The topological polar surface area (TPSA) is 115 Å². The molecule has 0 aliphatic carbocycles. The van der Waals surface area contributed by atoms with E-state index in [1.165, 1.54) is 0 Å². The summed E-state index contributed by atoms with van der Waals surface area (Å²) >= 11 is 0. The average Bonchev–Trinajstić information content (AvgIpc) is 2.91. The molecule has 0 bridgehead atoms. The van der Waals surface area contributed by atoms with E-state index in [1.54, 1.807) is 31.2 Å². The van der Waals surface area contributed by atoms with Crippen LogP contribution in [0.5, 0.6) is 0 Å². The molecule has 2 aromatic heterocycles. The van der Waals surface area contributed by atoms with Crippen molar-refractivity contribution in [3.05, 3.63) is 66.5 Å². The van der Waals surface area contributed by atoms with E-state index in [0.717, 1.165) is 14.8 Å². The highest BCUT2D eigenvalue weighted by Crippen LogP contribution is 2.23. The van der Waals surface area contributed by atoms with Gasteiger partial charge in [0.25, 0.3) is 5.56 Å². The summed E-state index contributed by atoms with van der Waals surface area (Å²) in [5, 5.41) is 17.9. The molecule has 0 saturated carbocycles. The van der Waals surface area contributed by atoms with Gasteiger partial charge in [0, 0.05) is 6.42 Å². The molecule has 0 amide bonds. The summed E-state index contributed by atoms with van der Waals surface area (Å²) in [5.41, 5.74) is -0.776. The van der Waals surface area contributed by atoms with Crippen LogP contribution in [0.15, 0.2) is 33.9 Å². The standard InChI is InChI=1S/C16H17N5O4/c1-9(2)8-11-13(21(24)25)14-15(22)18-19(16(23)20(14)17-11)12-7-5-4-6-10(12)3/h4-7,9H,8H2,1-3H3,(H,18,22). The van der Waals surface area contributed by atoms with Gasteiger partial charge in [0.2, 0.25) is 5.52 Å². The Morgan fingerprint density at radius 2 is 1.96 bits per heavy atom. The Labute approximate surface area is 141 Å². The second-order valence-corrected chi connectivity index (χ2v) is 6.26. The third-order valence-corrected chi connectivity index (χ3v) is 3.87. The highest BCUT2D eigenvalue weighted by molar-refractivity contribution is 5.66. The van der Waals surface area contributed by atoms with Crippen LogP contribution >= 0.6 is 0 Å². The largest absolute Gasteiger partial charge is 0.369 e. The second kappa shape index (κ2) is 6.00. The molecule has 130 valence electrons. The van der Waals surface area contributed by atoms with Gasteiger partial charge in [-0.1, -0.05) is 32.0 Å². The molecule has 1 aromatic carbocycles. The third kappa shape index (κ3) is 2.73. The van der Waals surface area contributed by atoms with E-state index in [4.69, 9.17) is 0 Å². The predicted octanol–water partition coefficient (Wildman–Crippen LogP) is 1.59. The lowest BCUT2D eigenvalue weighted by molar-refractivity contribution is -0.384. The molecular weight excluding hydrogens is 326 g/mol. The Bertz CT molecular complexity index is 1090. The molecule has 25 heavy (non-hydrogen) atoms. The smallest absolute Gasteiger partial charge is 0.265 e. The van der Waals surface area contributed by atoms with E-state index >= 15 is 0 Å². The molecule has 0 atom stereocenters. The summed E-state index contributed by atoms with van der Waals surface area (Å²) in [6, 6.07) is 7.00. The van der Waals surface area contributed by atoms with Gasteiger partial charge in [-0.25, -0.2) is 9.48 Å². The maximum atomic E-state index is 12.8. The minimum absolute atomic E-state index is 0.0845. The van der Waals surface area contributed by atoms with Crippen LogP contribution in [0.4, 0.5) is 5.69 Å². The minimum atomic E-state index is -0.739. The van der Waals surface area contributed by atoms with Gasteiger partial charge in [-0.3, -0.25) is 20.0 Å². The number of nitrogens with one attached hydrogen (secondary N) is 1. The SMILES string of the molecule is Cc1ccccc1-n1[nH]c(=O)c2c([N+](=O)[O-])c(CC(C)C)nn2c1=O. The van der Waals surface area contributed by atoms with Gasteiger partial charge < -0.3 is 0 Å². The molecule has 0 spiro atoms. The molecule has 0 saturated heterocycles. The van der Waals surface area contributed by atoms with E-state index in [9.17, 15) is 19.7 Å². The van der Waals surface area contributed by atoms with Crippen molar-refractivity contribution in [3.63, 3.8) is 0 Å². The van der Waals surface area contributed by atoms with Crippen LogP contribution in [0.25, 0.3) is 11.2 Å². The van der Waals surface area contributed by atoms with Crippen LogP contribution in [0.3, 0.4) is 0 Å². The van der Waals surface area contributed by atoms with Crippen molar-refractivity contribution in [2.75, 3.05) is 0 Å². The molecule has 0 fully saturated rings. The number of nitro groups is 1. The summed E-state index contributed by atoms with van der Waals surface area (Å²) in [4.78, 5) is 36.0. The van der Waals surface area contributed by atoms with E-state index in [2.05, 4.69) is 10.2 Å². The summed E-state index contributed by atoms with van der Waals surface area (Å²) in [5.74, 6) is 0.0845. The fraction of sp³-hybridized carbons (Fsp3) is 0.312.